The summed E-state index contributed by atoms with van der Waals surface area (Å²) in [6, 6.07) is 0. The molecule has 0 aromatic heterocycles. The summed E-state index contributed by atoms with van der Waals surface area (Å²) in [6.07, 6.45) is 8.30. The van der Waals surface area contributed by atoms with Crippen molar-refractivity contribution in [2.24, 2.45) is 17.1 Å². The summed E-state index contributed by atoms with van der Waals surface area (Å²) in [6.45, 7) is 2.49. The highest BCUT2D eigenvalue weighted by Crippen LogP contribution is 2.68. The van der Waals surface area contributed by atoms with Gasteiger partial charge in [0.1, 0.15) is 0 Å². The molecule has 0 spiro atoms. The first-order valence-electron chi connectivity index (χ1n) is 5.70. The minimum absolute atomic E-state index is 0.312. The Balaban J connectivity index is 1.53. The quantitative estimate of drug-likeness (QED) is 0.671. The van der Waals surface area contributed by atoms with Crippen LogP contribution in [0.2, 0.25) is 0 Å². The minimum atomic E-state index is 0.312. The van der Waals surface area contributed by atoms with Crippen LogP contribution in [0.15, 0.2) is 0 Å². The lowest BCUT2D eigenvalue weighted by Gasteiger charge is -2.70. The van der Waals surface area contributed by atoms with E-state index in [9.17, 15) is 0 Å². The van der Waals surface area contributed by atoms with Gasteiger partial charge in [0.05, 0.1) is 0 Å². The van der Waals surface area contributed by atoms with Crippen LogP contribution in [0.3, 0.4) is 0 Å². The van der Waals surface area contributed by atoms with Crippen molar-refractivity contribution in [2.75, 3.05) is 13.1 Å². The Morgan fingerprint density at radius 3 is 2.31 bits per heavy atom. The van der Waals surface area contributed by atoms with E-state index in [1.807, 2.05) is 0 Å². The molecule has 0 aromatic rings. The van der Waals surface area contributed by atoms with Gasteiger partial charge >= 0.3 is 0 Å². The Bertz CT molecular complexity index is 198. The Morgan fingerprint density at radius 1 is 1.15 bits per heavy atom. The Labute approximate surface area is 80.3 Å². The molecule has 4 fully saturated rings. The molecule has 0 unspecified atom stereocenters. The van der Waals surface area contributed by atoms with Gasteiger partial charge in [0.2, 0.25) is 0 Å². The minimum Gasteiger partial charge on any atom is -0.325 e. The van der Waals surface area contributed by atoms with E-state index in [2.05, 4.69) is 5.32 Å². The average Bonchev–Trinajstić information content (AvgIpc) is 2.02. The fourth-order valence-electron chi connectivity index (χ4n) is 4.00. The predicted molar refractivity (Wildman–Crippen MR) is 53.4 cm³/mol. The van der Waals surface area contributed by atoms with E-state index in [-0.39, 0.29) is 0 Å². The van der Waals surface area contributed by atoms with Gasteiger partial charge in [-0.05, 0) is 62.9 Å². The predicted octanol–water partition coefficient (Wildman–Crippen LogP) is 1.26. The highest BCUT2D eigenvalue weighted by molar-refractivity contribution is 5.21. The largest absolute Gasteiger partial charge is 0.325 e. The SMILES string of the molecule is NC12CC(CC3CCNCC3)(C1)C2. The lowest BCUT2D eigenvalue weighted by atomic mass is 9.38. The van der Waals surface area contributed by atoms with Gasteiger partial charge in [-0.3, -0.25) is 0 Å². The van der Waals surface area contributed by atoms with Crippen LogP contribution < -0.4 is 11.1 Å². The molecular weight excluding hydrogens is 160 g/mol. The molecule has 3 aliphatic carbocycles. The zero-order valence-electron chi connectivity index (χ0n) is 8.31. The first-order valence-corrected chi connectivity index (χ1v) is 5.70. The highest BCUT2D eigenvalue weighted by Gasteiger charge is 2.65. The van der Waals surface area contributed by atoms with Crippen molar-refractivity contribution in [1.82, 2.24) is 5.32 Å². The molecule has 4 rings (SSSR count). The van der Waals surface area contributed by atoms with E-state index in [1.165, 1.54) is 51.6 Å². The normalized spacial score (nSPS) is 49.6. The highest BCUT2D eigenvalue weighted by atomic mass is 14.9. The van der Waals surface area contributed by atoms with Crippen LogP contribution in [0.1, 0.15) is 38.5 Å². The third-order valence-corrected chi connectivity index (χ3v) is 4.36. The van der Waals surface area contributed by atoms with E-state index in [0.717, 1.165) is 11.3 Å². The first-order chi connectivity index (χ1) is 6.20. The number of rotatable bonds is 2. The summed E-state index contributed by atoms with van der Waals surface area (Å²) in [4.78, 5) is 0. The second kappa shape index (κ2) is 2.48. The Hall–Kier alpha value is -0.0800. The third kappa shape index (κ3) is 1.23. The number of piperidine rings is 1. The second-order valence-electron chi connectivity index (χ2n) is 5.79. The summed E-state index contributed by atoms with van der Waals surface area (Å²) in [5.41, 5.74) is 7.11. The number of hydrogen-bond acceptors (Lipinski definition) is 2. The molecule has 3 saturated carbocycles. The van der Waals surface area contributed by atoms with Gasteiger partial charge in [-0.2, -0.15) is 0 Å². The van der Waals surface area contributed by atoms with Crippen molar-refractivity contribution in [3.63, 3.8) is 0 Å². The van der Waals surface area contributed by atoms with Gasteiger partial charge in [-0.15, -0.1) is 0 Å². The smallest absolute Gasteiger partial charge is 0.0170 e. The second-order valence-corrected chi connectivity index (χ2v) is 5.79. The lowest BCUT2D eigenvalue weighted by molar-refractivity contribution is -0.146. The van der Waals surface area contributed by atoms with Crippen LogP contribution >= 0.6 is 0 Å². The summed E-state index contributed by atoms with van der Waals surface area (Å²) in [7, 11) is 0. The third-order valence-electron chi connectivity index (χ3n) is 4.36. The Morgan fingerprint density at radius 2 is 1.77 bits per heavy atom. The van der Waals surface area contributed by atoms with Gasteiger partial charge in [0, 0.05) is 5.54 Å². The molecule has 74 valence electrons. The molecule has 13 heavy (non-hydrogen) atoms. The molecule has 2 bridgehead atoms. The van der Waals surface area contributed by atoms with Gasteiger partial charge in [-0.1, -0.05) is 0 Å². The van der Waals surface area contributed by atoms with Crippen molar-refractivity contribution in [1.29, 1.82) is 0 Å². The van der Waals surface area contributed by atoms with E-state index in [0.29, 0.717) is 5.54 Å². The van der Waals surface area contributed by atoms with Crippen molar-refractivity contribution >= 4 is 0 Å². The molecule has 1 saturated heterocycles. The van der Waals surface area contributed by atoms with Gasteiger partial charge in [0.15, 0.2) is 0 Å². The van der Waals surface area contributed by atoms with E-state index in [4.69, 9.17) is 5.73 Å². The fraction of sp³-hybridized carbons (Fsp3) is 1.00. The van der Waals surface area contributed by atoms with Gasteiger partial charge in [-0.25, -0.2) is 0 Å². The lowest BCUT2D eigenvalue weighted by Crippen LogP contribution is -2.72. The molecule has 0 aromatic carbocycles. The van der Waals surface area contributed by atoms with Crippen molar-refractivity contribution in [3.05, 3.63) is 0 Å². The molecule has 1 heterocycles. The summed E-state index contributed by atoms with van der Waals surface area (Å²) < 4.78 is 0. The van der Waals surface area contributed by atoms with Crippen LogP contribution in [0, 0.1) is 11.3 Å². The maximum Gasteiger partial charge on any atom is 0.0170 e. The van der Waals surface area contributed by atoms with Crippen LogP contribution in [-0.2, 0) is 0 Å². The van der Waals surface area contributed by atoms with Crippen LogP contribution in [0.5, 0.6) is 0 Å². The number of nitrogens with two attached hydrogens (primary N) is 1. The fourth-order valence-corrected chi connectivity index (χ4v) is 4.00. The molecule has 2 nitrogen and oxygen atoms in total. The molecule has 1 aliphatic heterocycles. The van der Waals surface area contributed by atoms with Crippen molar-refractivity contribution < 1.29 is 0 Å². The average molecular weight is 180 g/mol. The summed E-state index contributed by atoms with van der Waals surface area (Å²) in [5, 5.41) is 3.43. The molecule has 0 radical (unpaired) electrons. The van der Waals surface area contributed by atoms with Crippen molar-refractivity contribution in [3.8, 4) is 0 Å². The summed E-state index contributed by atoms with van der Waals surface area (Å²) in [5.74, 6) is 1.01. The number of hydrogen-bond donors (Lipinski definition) is 2. The maximum absolute atomic E-state index is 6.07. The molecular formula is C11H20N2. The molecule has 2 heteroatoms. The van der Waals surface area contributed by atoms with E-state index in [1.54, 1.807) is 0 Å². The molecule has 0 atom stereocenters. The van der Waals surface area contributed by atoms with Crippen molar-refractivity contribution in [2.45, 2.75) is 44.1 Å². The monoisotopic (exact) mass is 180 g/mol. The molecule has 3 N–H and O–H groups in total. The van der Waals surface area contributed by atoms with Crippen LogP contribution in [-0.4, -0.2) is 18.6 Å². The molecule has 4 aliphatic rings. The first kappa shape index (κ1) is 8.25. The van der Waals surface area contributed by atoms with Gasteiger partial charge < -0.3 is 11.1 Å². The zero-order chi connectivity index (χ0) is 8.94. The molecule has 0 amide bonds. The zero-order valence-corrected chi connectivity index (χ0v) is 8.31. The standard InChI is InChI=1S/C11H20N2/c12-11-6-10(7-11,8-11)5-9-1-3-13-4-2-9/h9,13H,1-8,12H2. The number of nitrogens with one attached hydrogen (secondary N) is 1. The topological polar surface area (TPSA) is 38.0 Å². The van der Waals surface area contributed by atoms with Crippen LogP contribution in [0.25, 0.3) is 0 Å². The summed E-state index contributed by atoms with van der Waals surface area (Å²) >= 11 is 0. The van der Waals surface area contributed by atoms with E-state index >= 15 is 0 Å². The maximum atomic E-state index is 6.07. The van der Waals surface area contributed by atoms with Gasteiger partial charge in [0.25, 0.3) is 0 Å². The van der Waals surface area contributed by atoms with Crippen LogP contribution in [0.4, 0.5) is 0 Å². The van der Waals surface area contributed by atoms with E-state index < -0.39 is 0 Å². The Kier molecular flexibility index (Phi) is 1.58.